The molecule has 0 unspecified atom stereocenters. The lowest BCUT2D eigenvalue weighted by Crippen LogP contribution is -1.98. The monoisotopic (exact) mass is 194 g/mol. The molecule has 0 aliphatic heterocycles. The Morgan fingerprint density at radius 1 is 1.36 bits per heavy atom. The van der Waals surface area contributed by atoms with E-state index in [0.717, 1.165) is 18.9 Å². The van der Waals surface area contributed by atoms with Gasteiger partial charge in [-0.15, -0.1) is 0 Å². The molecular formula is C12H22N2. The minimum Gasteiger partial charge on any atom is -0.272 e. The van der Waals surface area contributed by atoms with Gasteiger partial charge in [-0.25, -0.2) is 0 Å². The zero-order valence-electron chi connectivity index (χ0n) is 9.66. The van der Waals surface area contributed by atoms with Gasteiger partial charge >= 0.3 is 0 Å². The number of aryl methyl sites for hydroxylation is 1. The summed E-state index contributed by atoms with van der Waals surface area (Å²) < 4.78 is 2.08. The first kappa shape index (κ1) is 11.3. The quantitative estimate of drug-likeness (QED) is 0.635. The summed E-state index contributed by atoms with van der Waals surface area (Å²) in [6.07, 6.45) is 9.17. The Labute approximate surface area is 87.3 Å². The van der Waals surface area contributed by atoms with E-state index < -0.39 is 0 Å². The number of hydrogen-bond donors (Lipinski definition) is 0. The molecule has 1 rings (SSSR count). The zero-order chi connectivity index (χ0) is 10.4. The Kier molecular flexibility index (Phi) is 4.71. The highest BCUT2D eigenvalue weighted by Gasteiger charge is 2.00. The first-order valence-corrected chi connectivity index (χ1v) is 5.73. The van der Waals surface area contributed by atoms with Crippen molar-refractivity contribution in [1.82, 2.24) is 9.78 Å². The lowest BCUT2D eigenvalue weighted by molar-refractivity contribution is 0.552. The van der Waals surface area contributed by atoms with Crippen LogP contribution in [0.5, 0.6) is 0 Å². The summed E-state index contributed by atoms with van der Waals surface area (Å²) in [4.78, 5) is 0. The molecule has 2 nitrogen and oxygen atoms in total. The number of unbranched alkanes of at least 4 members (excludes halogenated alkanes) is 2. The molecule has 80 valence electrons. The molecule has 14 heavy (non-hydrogen) atoms. The lowest BCUT2D eigenvalue weighted by atomic mass is 10.1. The van der Waals surface area contributed by atoms with Crippen molar-refractivity contribution < 1.29 is 0 Å². The highest BCUT2D eigenvalue weighted by Crippen LogP contribution is 2.07. The lowest BCUT2D eigenvalue weighted by Gasteiger charge is -2.01. The SMILES string of the molecule is CCCCCn1cc(CC(C)C)cn1. The standard InChI is InChI=1S/C12H22N2/c1-4-5-6-7-14-10-12(9-13-14)8-11(2)3/h9-11H,4-8H2,1-3H3. The summed E-state index contributed by atoms with van der Waals surface area (Å²) in [5.74, 6) is 0.725. The molecule has 0 atom stereocenters. The molecule has 0 fully saturated rings. The van der Waals surface area contributed by atoms with Gasteiger partial charge in [0.05, 0.1) is 6.20 Å². The van der Waals surface area contributed by atoms with Gasteiger partial charge in [-0.2, -0.15) is 5.10 Å². The molecule has 0 aliphatic carbocycles. The van der Waals surface area contributed by atoms with E-state index in [4.69, 9.17) is 0 Å². The molecule has 1 heterocycles. The second-order valence-corrected chi connectivity index (χ2v) is 4.42. The average Bonchev–Trinajstić information content (AvgIpc) is 2.52. The van der Waals surface area contributed by atoms with Crippen molar-refractivity contribution in [2.24, 2.45) is 5.92 Å². The van der Waals surface area contributed by atoms with E-state index in [2.05, 4.69) is 36.7 Å². The summed E-state index contributed by atoms with van der Waals surface area (Å²) in [5.41, 5.74) is 1.37. The van der Waals surface area contributed by atoms with Gasteiger partial charge in [-0.3, -0.25) is 4.68 Å². The topological polar surface area (TPSA) is 17.8 Å². The largest absolute Gasteiger partial charge is 0.272 e. The molecule has 0 aliphatic rings. The molecule has 0 amide bonds. The number of rotatable bonds is 6. The van der Waals surface area contributed by atoms with Crippen LogP contribution in [0.1, 0.15) is 45.6 Å². The minimum absolute atomic E-state index is 0.725. The predicted molar refractivity (Wildman–Crippen MR) is 60.3 cm³/mol. The van der Waals surface area contributed by atoms with Gasteiger partial charge in [0.15, 0.2) is 0 Å². The van der Waals surface area contributed by atoms with Crippen LogP contribution in [0.3, 0.4) is 0 Å². The molecule has 0 saturated carbocycles. The second kappa shape index (κ2) is 5.84. The van der Waals surface area contributed by atoms with E-state index in [1.807, 2.05) is 6.20 Å². The Morgan fingerprint density at radius 2 is 2.14 bits per heavy atom. The van der Waals surface area contributed by atoms with Crippen molar-refractivity contribution in [2.45, 2.75) is 53.0 Å². The van der Waals surface area contributed by atoms with Crippen molar-refractivity contribution in [2.75, 3.05) is 0 Å². The van der Waals surface area contributed by atoms with Crippen LogP contribution in [0.4, 0.5) is 0 Å². The summed E-state index contributed by atoms with van der Waals surface area (Å²) in [7, 11) is 0. The normalized spacial score (nSPS) is 11.1. The van der Waals surface area contributed by atoms with E-state index in [9.17, 15) is 0 Å². The third-order valence-electron chi connectivity index (χ3n) is 2.32. The highest BCUT2D eigenvalue weighted by atomic mass is 15.3. The van der Waals surface area contributed by atoms with E-state index >= 15 is 0 Å². The first-order chi connectivity index (χ1) is 6.72. The van der Waals surface area contributed by atoms with Crippen LogP contribution < -0.4 is 0 Å². The van der Waals surface area contributed by atoms with Crippen molar-refractivity contribution in [3.8, 4) is 0 Å². The fraction of sp³-hybridized carbons (Fsp3) is 0.750. The van der Waals surface area contributed by atoms with E-state index in [1.54, 1.807) is 0 Å². The zero-order valence-corrected chi connectivity index (χ0v) is 9.66. The number of nitrogens with zero attached hydrogens (tertiary/aromatic N) is 2. The van der Waals surface area contributed by atoms with E-state index in [-0.39, 0.29) is 0 Å². The van der Waals surface area contributed by atoms with Crippen LogP contribution in [-0.4, -0.2) is 9.78 Å². The van der Waals surface area contributed by atoms with Crippen LogP contribution in [0, 0.1) is 5.92 Å². The third-order valence-corrected chi connectivity index (χ3v) is 2.32. The van der Waals surface area contributed by atoms with Crippen LogP contribution in [0.2, 0.25) is 0 Å². The minimum atomic E-state index is 0.725. The van der Waals surface area contributed by atoms with Gasteiger partial charge < -0.3 is 0 Å². The van der Waals surface area contributed by atoms with E-state index in [0.29, 0.717) is 0 Å². The van der Waals surface area contributed by atoms with Crippen molar-refractivity contribution in [3.05, 3.63) is 18.0 Å². The molecule has 1 aromatic rings. The van der Waals surface area contributed by atoms with Gasteiger partial charge in [0, 0.05) is 12.7 Å². The summed E-state index contributed by atoms with van der Waals surface area (Å²) in [6, 6.07) is 0. The molecule has 2 heteroatoms. The van der Waals surface area contributed by atoms with Gasteiger partial charge in [0.2, 0.25) is 0 Å². The van der Waals surface area contributed by atoms with Gasteiger partial charge in [0.25, 0.3) is 0 Å². The van der Waals surface area contributed by atoms with Crippen molar-refractivity contribution in [1.29, 1.82) is 0 Å². The third kappa shape index (κ3) is 3.95. The molecule has 0 bridgehead atoms. The fourth-order valence-corrected chi connectivity index (χ4v) is 1.63. The Hall–Kier alpha value is -0.790. The van der Waals surface area contributed by atoms with Gasteiger partial charge in [0.1, 0.15) is 0 Å². The summed E-state index contributed by atoms with van der Waals surface area (Å²) in [6.45, 7) is 7.79. The number of hydrogen-bond acceptors (Lipinski definition) is 1. The maximum absolute atomic E-state index is 4.36. The predicted octanol–water partition coefficient (Wildman–Crippen LogP) is 3.27. The maximum atomic E-state index is 4.36. The summed E-state index contributed by atoms with van der Waals surface area (Å²) in [5, 5.41) is 4.36. The van der Waals surface area contributed by atoms with Crippen LogP contribution in [0.25, 0.3) is 0 Å². The number of aromatic nitrogens is 2. The highest BCUT2D eigenvalue weighted by molar-refractivity contribution is 5.04. The first-order valence-electron chi connectivity index (χ1n) is 5.73. The summed E-state index contributed by atoms with van der Waals surface area (Å²) >= 11 is 0. The molecule has 0 N–H and O–H groups in total. The van der Waals surface area contributed by atoms with Gasteiger partial charge in [-0.05, 0) is 24.3 Å². The molecule has 0 aromatic carbocycles. The van der Waals surface area contributed by atoms with Crippen molar-refractivity contribution in [3.63, 3.8) is 0 Å². The Morgan fingerprint density at radius 3 is 2.79 bits per heavy atom. The molecule has 0 spiro atoms. The average molecular weight is 194 g/mol. The smallest absolute Gasteiger partial charge is 0.0521 e. The van der Waals surface area contributed by atoms with Crippen molar-refractivity contribution >= 4 is 0 Å². The molecule has 0 saturated heterocycles. The maximum Gasteiger partial charge on any atom is 0.0521 e. The fourth-order valence-electron chi connectivity index (χ4n) is 1.63. The van der Waals surface area contributed by atoms with Crippen LogP contribution in [-0.2, 0) is 13.0 Å². The molecule has 1 aromatic heterocycles. The second-order valence-electron chi connectivity index (χ2n) is 4.42. The Balaban J connectivity index is 2.35. The molecular weight excluding hydrogens is 172 g/mol. The van der Waals surface area contributed by atoms with Crippen LogP contribution >= 0.6 is 0 Å². The molecule has 0 radical (unpaired) electrons. The van der Waals surface area contributed by atoms with Gasteiger partial charge in [-0.1, -0.05) is 33.6 Å². The Bertz CT molecular complexity index is 251. The van der Waals surface area contributed by atoms with E-state index in [1.165, 1.54) is 24.8 Å². The van der Waals surface area contributed by atoms with Crippen LogP contribution in [0.15, 0.2) is 12.4 Å².